The van der Waals surface area contributed by atoms with Crippen LogP contribution in [0.2, 0.25) is 0 Å². The van der Waals surface area contributed by atoms with E-state index in [2.05, 4.69) is 9.36 Å². The van der Waals surface area contributed by atoms with E-state index in [0.29, 0.717) is 10.3 Å². The molecule has 0 saturated heterocycles. The highest BCUT2D eigenvalue weighted by Gasteiger charge is 1.98. The molecule has 0 aliphatic rings. The molecule has 2 N–H and O–H groups in total. The molecule has 46 valence electrons. The largest absolute Gasteiger partial charge is 0.374 e. The first-order chi connectivity index (χ1) is 4.33. The summed E-state index contributed by atoms with van der Waals surface area (Å²) in [5, 5.41) is 10.8. The van der Waals surface area contributed by atoms with Crippen molar-refractivity contribution >= 4 is 28.4 Å². The lowest BCUT2D eigenvalue weighted by Crippen LogP contribution is -1.79. The molecule has 0 aliphatic heterocycles. The zero-order chi connectivity index (χ0) is 6.69. The fourth-order valence-electron chi connectivity index (χ4n) is 0.303. The second-order valence-corrected chi connectivity index (χ2v) is 2.64. The molecule has 0 spiro atoms. The van der Waals surface area contributed by atoms with Crippen LogP contribution in [0.5, 0.6) is 0 Å². The molecular weight excluding hydrogens is 156 g/mol. The van der Waals surface area contributed by atoms with Crippen LogP contribution in [0.4, 0.5) is 5.13 Å². The summed E-state index contributed by atoms with van der Waals surface area (Å²) in [6, 6.07) is 0. The van der Waals surface area contributed by atoms with Crippen LogP contribution in [0.1, 0.15) is 0 Å². The van der Waals surface area contributed by atoms with Gasteiger partial charge in [-0.05, 0) is 0 Å². The third-order valence-electron chi connectivity index (χ3n) is 0.560. The van der Waals surface area contributed by atoms with Gasteiger partial charge in [0.1, 0.15) is 5.40 Å². The van der Waals surface area contributed by atoms with Crippen molar-refractivity contribution in [2.45, 2.75) is 5.16 Å². The summed E-state index contributed by atoms with van der Waals surface area (Å²) in [4.78, 5) is 3.73. The molecule has 0 bridgehead atoms. The van der Waals surface area contributed by atoms with E-state index >= 15 is 0 Å². The molecule has 0 radical (unpaired) electrons. The molecule has 1 rings (SSSR count). The molecule has 1 aromatic rings. The van der Waals surface area contributed by atoms with Gasteiger partial charge in [0.05, 0.1) is 0 Å². The van der Waals surface area contributed by atoms with E-state index in [1.807, 2.05) is 5.40 Å². The lowest BCUT2D eigenvalue weighted by molar-refractivity contribution is 1.09. The quantitative estimate of drug-likeness (QED) is 0.480. The van der Waals surface area contributed by atoms with Crippen molar-refractivity contribution < 1.29 is 0 Å². The molecule has 4 nitrogen and oxygen atoms in total. The van der Waals surface area contributed by atoms with Crippen molar-refractivity contribution in [2.75, 3.05) is 5.73 Å². The van der Waals surface area contributed by atoms with Crippen molar-refractivity contribution in [1.29, 1.82) is 5.26 Å². The van der Waals surface area contributed by atoms with Crippen LogP contribution in [0.25, 0.3) is 0 Å². The van der Waals surface area contributed by atoms with E-state index < -0.39 is 0 Å². The first-order valence-electron chi connectivity index (χ1n) is 1.98. The summed E-state index contributed by atoms with van der Waals surface area (Å²) in [6.45, 7) is 0. The summed E-state index contributed by atoms with van der Waals surface area (Å²) in [6.07, 6.45) is 0. The number of thiocyanates is 1. The zero-order valence-electron chi connectivity index (χ0n) is 4.24. The molecular formula is C3H2N4S2. The smallest absolute Gasteiger partial charge is 0.216 e. The molecule has 0 amide bonds. The average Bonchev–Trinajstić information content (AvgIpc) is 2.17. The maximum atomic E-state index is 8.13. The summed E-state index contributed by atoms with van der Waals surface area (Å²) >= 11 is 2.00. The van der Waals surface area contributed by atoms with E-state index in [1.54, 1.807) is 0 Å². The SMILES string of the molecule is N#CSc1nsc(N)n1. The van der Waals surface area contributed by atoms with Crippen LogP contribution in [0.3, 0.4) is 0 Å². The van der Waals surface area contributed by atoms with E-state index in [0.717, 1.165) is 23.3 Å². The molecule has 6 heteroatoms. The molecule has 1 heterocycles. The van der Waals surface area contributed by atoms with Crippen LogP contribution in [-0.4, -0.2) is 9.36 Å². The number of aromatic nitrogens is 2. The van der Waals surface area contributed by atoms with Crippen LogP contribution in [0, 0.1) is 10.7 Å². The number of anilines is 1. The van der Waals surface area contributed by atoms with Gasteiger partial charge in [-0.1, -0.05) is 0 Å². The Hall–Kier alpha value is -0.800. The van der Waals surface area contributed by atoms with Gasteiger partial charge in [-0.15, -0.1) is 0 Å². The average molecular weight is 158 g/mol. The van der Waals surface area contributed by atoms with Gasteiger partial charge in [-0.25, -0.2) is 0 Å². The second-order valence-electron chi connectivity index (χ2n) is 1.11. The third kappa shape index (κ3) is 1.55. The number of nitrogens with zero attached hydrogens (tertiary/aromatic N) is 3. The summed E-state index contributed by atoms with van der Waals surface area (Å²) < 4.78 is 3.75. The molecule has 0 fully saturated rings. The van der Waals surface area contributed by atoms with E-state index in [-0.39, 0.29) is 0 Å². The van der Waals surface area contributed by atoms with Gasteiger partial charge < -0.3 is 5.73 Å². The Labute approximate surface area is 59.9 Å². The van der Waals surface area contributed by atoms with Crippen molar-refractivity contribution in [1.82, 2.24) is 9.36 Å². The van der Waals surface area contributed by atoms with Crippen molar-refractivity contribution in [3.05, 3.63) is 0 Å². The molecule has 0 unspecified atom stereocenters. The number of hydrogen-bond donors (Lipinski definition) is 1. The Kier molecular flexibility index (Phi) is 1.87. The standard InChI is InChI=1S/C3H2N4S2/c4-1-8-3-6-2(5)9-7-3/h(H2,5,6,7). The van der Waals surface area contributed by atoms with E-state index in [1.165, 1.54) is 0 Å². The van der Waals surface area contributed by atoms with Crippen molar-refractivity contribution in [3.63, 3.8) is 0 Å². The van der Waals surface area contributed by atoms with Gasteiger partial charge in [-0.3, -0.25) is 0 Å². The zero-order valence-corrected chi connectivity index (χ0v) is 5.87. The lowest BCUT2D eigenvalue weighted by atomic mass is 11.2. The predicted molar refractivity (Wildman–Crippen MR) is 35.8 cm³/mol. The van der Waals surface area contributed by atoms with Crippen molar-refractivity contribution in [2.24, 2.45) is 0 Å². The Morgan fingerprint density at radius 1 is 1.78 bits per heavy atom. The second kappa shape index (κ2) is 2.66. The third-order valence-corrected chi connectivity index (χ3v) is 1.67. The van der Waals surface area contributed by atoms with Gasteiger partial charge in [0.15, 0.2) is 0 Å². The highest BCUT2D eigenvalue weighted by atomic mass is 32.2. The number of hydrogen-bond acceptors (Lipinski definition) is 6. The normalized spacial score (nSPS) is 8.78. The summed E-state index contributed by atoms with van der Waals surface area (Å²) in [5.41, 5.74) is 5.23. The number of nitrogens with two attached hydrogens (primary N) is 1. The van der Waals surface area contributed by atoms with Crippen molar-refractivity contribution in [3.8, 4) is 5.40 Å². The maximum absolute atomic E-state index is 8.13. The Bertz CT molecular complexity index is 236. The Balaban J connectivity index is 2.76. The Morgan fingerprint density at radius 3 is 3.00 bits per heavy atom. The maximum Gasteiger partial charge on any atom is 0.216 e. The van der Waals surface area contributed by atoms with E-state index in [4.69, 9.17) is 11.0 Å². The first kappa shape index (κ1) is 6.32. The van der Waals surface area contributed by atoms with Gasteiger partial charge in [0, 0.05) is 23.3 Å². The minimum atomic E-state index is 0.396. The number of rotatable bonds is 1. The van der Waals surface area contributed by atoms with E-state index in [9.17, 15) is 0 Å². The minimum absolute atomic E-state index is 0.396. The molecule has 0 aliphatic carbocycles. The topological polar surface area (TPSA) is 75.6 Å². The lowest BCUT2D eigenvalue weighted by Gasteiger charge is -1.74. The molecule has 0 aromatic carbocycles. The van der Waals surface area contributed by atoms with Gasteiger partial charge >= 0.3 is 0 Å². The van der Waals surface area contributed by atoms with Crippen LogP contribution < -0.4 is 5.73 Å². The minimum Gasteiger partial charge on any atom is -0.374 e. The predicted octanol–water partition coefficient (Wildman–Crippen LogP) is 0.693. The monoisotopic (exact) mass is 158 g/mol. The fourth-order valence-corrected chi connectivity index (χ4v) is 1.19. The molecule has 0 saturated carbocycles. The molecule has 1 aromatic heterocycles. The fraction of sp³-hybridized carbons (Fsp3) is 0. The number of nitriles is 1. The van der Waals surface area contributed by atoms with Gasteiger partial charge in [0.2, 0.25) is 10.3 Å². The van der Waals surface area contributed by atoms with Crippen LogP contribution >= 0.6 is 23.3 Å². The summed E-state index contributed by atoms with van der Waals surface area (Å²) in [5.74, 6) is 0. The molecule has 0 atom stereocenters. The number of nitrogen functional groups attached to an aromatic ring is 1. The Morgan fingerprint density at radius 2 is 2.56 bits per heavy atom. The van der Waals surface area contributed by atoms with Crippen LogP contribution in [-0.2, 0) is 0 Å². The molecule has 9 heavy (non-hydrogen) atoms. The highest BCUT2D eigenvalue weighted by Crippen LogP contribution is 2.15. The summed E-state index contributed by atoms with van der Waals surface area (Å²) in [7, 11) is 0. The number of thioether (sulfide) groups is 1. The first-order valence-corrected chi connectivity index (χ1v) is 3.57. The van der Waals surface area contributed by atoms with Gasteiger partial charge in [-0.2, -0.15) is 14.6 Å². The van der Waals surface area contributed by atoms with Gasteiger partial charge in [0.25, 0.3) is 0 Å². The highest BCUT2D eigenvalue weighted by molar-refractivity contribution is 8.03. The van der Waals surface area contributed by atoms with Crippen LogP contribution in [0.15, 0.2) is 5.16 Å².